The lowest BCUT2D eigenvalue weighted by Crippen LogP contribution is -2.49. The first kappa shape index (κ1) is 15.9. The molecule has 0 bridgehead atoms. The minimum atomic E-state index is -0.226. The quantitative estimate of drug-likeness (QED) is 0.944. The molecule has 21 heavy (non-hydrogen) atoms. The van der Waals surface area contributed by atoms with Gasteiger partial charge in [0.1, 0.15) is 5.82 Å². The van der Waals surface area contributed by atoms with Crippen molar-refractivity contribution in [3.8, 4) is 5.69 Å². The third-order valence-electron chi connectivity index (χ3n) is 3.74. The first-order valence-electron chi connectivity index (χ1n) is 6.97. The van der Waals surface area contributed by atoms with Gasteiger partial charge in [-0.2, -0.15) is 5.10 Å². The van der Waals surface area contributed by atoms with Crippen molar-refractivity contribution in [1.82, 2.24) is 20.0 Å². The zero-order valence-electron chi connectivity index (χ0n) is 12.0. The minimum Gasteiger partial charge on any atom is -0.314 e. The average molecular weight is 311 g/mol. The van der Waals surface area contributed by atoms with Crippen molar-refractivity contribution in [2.45, 2.75) is 19.5 Å². The highest BCUT2D eigenvalue weighted by Gasteiger charge is 2.18. The van der Waals surface area contributed by atoms with E-state index in [4.69, 9.17) is 0 Å². The zero-order chi connectivity index (χ0) is 13.9. The number of rotatable bonds is 3. The second-order valence-corrected chi connectivity index (χ2v) is 5.25. The van der Waals surface area contributed by atoms with Gasteiger partial charge >= 0.3 is 0 Å². The van der Waals surface area contributed by atoms with Gasteiger partial charge in [-0.25, -0.2) is 9.07 Å². The summed E-state index contributed by atoms with van der Waals surface area (Å²) in [7, 11) is 0. The molecule has 114 valence electrons. The maximum absolute atomic E-state index is 12.9. The molecule has 4 nitrogen and oxygen atoms in total. The van der Waals surface area contributed by atoms with Gasteiger partial charge in [0.25, 0.3) is 0 Å². The smallest absolute Gasteiger partial charge is 0.123 e. The van der Waals surface area contributed by atoms with Crippen LogP contribution in [0, 0.1) is 5.82 Å². The molecule has 2 heterocycles. The second-order valence-electron chi connectivity index (χ2n) is 5.25. The molecule has 1 saturated heterocycles. The number of aromatic nitrogens is 2. The van der Waals surface area contributed by atoms with Gasteiger partial charge in [-0.15, -0.1) is 12.4 Å². The molecule has 0 unspecified atom stereocenters. The summed E-state index contributed by atoms with van der Waals surface area (Å²) < 4.78 is 14.7. The van der Waals surface area contributed by atoms with Gasteiger partial charge < -0.3 is 5.32 Å². The third-order valence-corrected chi connectivity index (χ3v) is 3.74. The van der Waals surface area contributed by atoms with Crippen molar-refractivity contribution >= 4 is 12.4 Å². The van der Waals surface area contributed by atoms with Gasteiger partial charge in [-0.3, -0.25) is 4.90 Å². The van der Waals surface area contributed by atoms with Gasteiger partial charge in [0.2, 0.25) is 0 Å². The normalized spacial score (nSPS) is 19.2. The third kappa shape index (κ3) is 3.81. The maximum atomic E-state index is 12.9. The highest BCUT2D eigenvalue weighted by Crippen LogP contribution is 2.12. The molecule has 0 radical (unpaired) electrons. The highest BCUT2D eigenvalue weighted by molar-refractivity contribution is 5.85. The second kappa shape index (κ2) is 7.02. The molecule has 1 aliphatic heterocycles. The van der Waals surface area contributed by atoms with Crippen LogP contribution in [-0.4, -0.2) is 40.4 Å². The number of nitrogens with zero attached hydrogens (tertiary/aromatic N) is 3. The summed E-state index contributed by atoms with van der Waals surface area (Å²) in [5.41, 5.74) is 1.93. The maximum Gasteiger partial charge on any atom is 0.123 e. The van der Waals surface area contributed by atoms with Crippen LogP contribution in [0.15, 0.2) is 36.5 Å². The summed E-state index contributed by atoms with van der Waals surface area (Å²) >= 11 is 0. The Hall–Kier alpha value is -1.43. The standard InChI is InChI=1S/C15H19FN4.ClH/c1-12-10-17-7-9-19(12)11-14-6-8-20(18-14)15-4-2-13(16)3-5-15;/h2-6,8,12,17H,7,9-11H2,1H3;1H/t12-;/m1./s1. The van der Waals surface area contributed by atoms with Crippen LogP contribution >= 0.6 is 12.4 Å². The predicted octanol–water partition coefficient (Wildman–Crippen LogP) is 2.23. The Morgan fingerprint density at radius 2 is 2.05 bits per heavy atom. The molecule has 0 aliphatic carbocycles. The molecular weight excluding hydrogens is 291 g/mol. The molecular formula is C15H20ClFN4. The summed E-state index contributed by atoms with van der Waals surface area (Å²) in [6.07, 6.45) is 1.93. The van der Waals surface area contributed by atoms with E-state index in [2.05, 4.69) is 22.2 Å². The lowest BCUT2D eigenvalue weighted by atomic mass is 10.2. The Bertz CT molecular complexity index is 569. The number of benzene rings is 1. The number of hydrogen-bond donors (Lipinski definition) is 1. The topological polar surface area (TPSA) is 33.1 Å². The molecule has 0 amide bonds. The van der Waals surface area contributed by atoms with Crippen LogP contribution in [0.25, 0.3) is 5.69 Å². The van der Waals surface area contributed by atoms with Crippen molar-refractivity contribution in [2.75, 3.05) is 19.6 Å². The molecule has 0 saturated carbocycles. The zero-order valence-corrected chi connectivity index (χ0v) is 12.8. The molecule has 2 aromatic rings. The van der Waals surface area contributed by atoms with Crippen molar-refractivity contribution in [1.29, 1.82) is 0 Å². The van der Waals surface area contributed by atoms with Crippen LogP contribution in [0.1, 0.15) is 12.6 Å². The molecule has 1 aliphatic rings. The fourth-order valence-electron chi connectivity index (χ4n) is 2.51. The van der Waals surface area contributed by atoms with E-state index in [1.54, 1.807) is 16.8 Å². The highest BCUT2D eigenvalue weighted by atomic mass is 35.5. The van der Waals surface area contributed by atoms with Crippen molar-refractivity contribution in [3.63, 3.8) is 0 Å². The monoisotopic (exact) mass is 310 g/mol. The molecule has 1 N–H and O–H groups in total. The molecule has 6 heteroatoms. The van der Waals surface area contributed by atoms with Gasteiger partial charge in [0.15, 0.2) is 0 Å². The van der Waals surface area contributed by atoms with Crippen molar-refractivity contribution in [2.24, 2.45) is 0 Å². The molecule has 1 aromatic carbocycles. The van der Waals surface area contributed by atoms with E-state index in [0.717, 1.165) is 37.6 Å². The predicted molar refractivity (Wildman–Crippen MR) is 83.5 cm³/mol. The Kier molecular flexibility index (Phi) is 5.33. The van der Waals surface area contributed by atoms with Crippen LogP contribution in [0.3, 0.4) is 0 Å². The lowest BCUT2D eigenvalue weighted by molar-refractivity contribution is 0.163. The minimum absolute atomic E-state index is 0. The Labute approximate surface area is 130 Å². The van der Waals surface area contributed by atoms with Gasteiger partial charge in [0, 0.05) is 38.4 Å². The van der Waals surface area contributed by atoms with Crippen LogP contribution in [0.2, 0.25) is 0 Å². The Morgan fingerprint density at radius 3 is 2.76 bits per heavy atom. The van der Waals surface area contributed by atoms with Crippen molar-refractivity contribution < 1.29 is 4.39 Å². The van der Waals surface area contributed by atoms with Gasteiger partial charge in [0.05, 0.1) is 11.4 Å². The summed E-state index contributed by atoms with van der Waals surface area (Å²) in [5.74, 6) is -0.226. The van der Waals surface area contributed by atoms with Crippen LogP contribution in [-0.2, 0) is 6.54 Å². The van der Waals surface area contributed by atoms with E-state index < -0.39 is 0 Å². The fourth-order valence-corrected chi connectivity index (χ4v) is 2.51. The summed E-state index contributed by atoms with van der Waals surface area (Å²) in [4.78, 5) is 2.42. The average Bonchev–Trinajstić information content (AvgIpc) is 2.91. The number of hydrogen-bond acceptors (Lipinski definition) is 3. The van der Waals surface area contributed by atoms with Crippen LogP contribution in [0.4, 0.5) is 4.39 Å². The number of nitrogens with one attached hydrogen (secondary N) is 1. The summed E-state index contributed by atoms with van der Waals surface area (Å²) in [6, 6.07) is 8.93. The first-order valence-corrected chi connectivity index (χ1v) is 6.97. The summed E-state index contributed by atoms with van der Waals surface area (Å²) in [5, 5.41) is 7.95. The largest absolute Gasteiger partial charge is 0.314 e. The molecule has 0 spiro atoms. The first-order chi connectivity index (χ1) is 9.72. The van der Waals surface area contributed by atoms with Gasteiger partial charge in [-0.1, -0.05) is 0 Å². The van der Waals surface area contributed by atoms with E-state index in [-0.39, 0.29) is 18.2 Å². The lowest BCUT2D eigenvalue weighted by Gasteiger charge is -2.33. The molecule has 1 aromatic heterocycles. The molecule has 1 fully saturated rings. The molecule has 3 rings (SSSR count). The number of piperazine rings is 1. The van der Waals surface area contributed by atoms with Gasteiger partial charge in [-0.05, 0) is 37.3 Å². The van der Waals surface area contributed by atoms with E-state index in [1.807, 2.05) is 12.3 Å². The Morgan fingerprint density at radius 1 is 1.29 bits per heavy atom. The molecule has 1 atom stereocenters. The van der Waals surface area contributed by atoms with E-state index in [0.29, 0.717) is 6.04 Å². The van der Waals surface area contributed by atoms with Crippen LogP contribution in [0.5, 0.6) is 0 Å². The number of halogens is 2. The van der Waals surface area contributed by atoms with E-state index in [9.17, 15) is 4.39 Å². The van der Waals surface area contributed by atoms with E-state index >= 15 is 0 Å². The SMILES string of the molecule is C[C@@H]1CNCCN1Cc1ccn(-c2ccc(F)cc2)n1.Cl. The van der Waals surface area contributed by atoms with Crippen LogP contribution < -0.4 is 5.32 Å². The fraction of sp³-hybridized carbons (Fsp3) is 0.400. The summed E-state index contributed by atoms with van der Waals surface area (Å²) in [6.45, 7) is 6.19. The van der Waals surface area contributed by atoms with Crippen molar-refractivity contribution in [3.05, 3.63) is 48.0 Å². The Balaban J connectivity index is 0.00000161. The van der Waals surface area contributed by atoms with E-state index in [1.165, 1.54) is 12.1 Å².